The first-order chi connectivity index (χ1) is 19.6. The van der Waals surface area contributed by atoms with E-state index in [1.165, 1.54) is 12.1 Å². The molecular formula is C28H25ClF6N2O3S2. The van der Waals surface area contributed by atoms with Gasteiger partial charge in [0.15, 0.2) is 0 Å². The second-order valence-electron chi connectivity index (χ2n) is 10.6. The topological polar surface area (TPSA) is 75.3 Å². The third-order valence-electron chi connectivity index (χ3n) is 7.84. The third-order valence-corrected chi connectivity index (χ3v) is 11.0. The highest BCUT2D eigenvalue weighted by atomic mass is 35.5. The van der Waals surface area contributed by atoms with Crippen molar-refractivity contribution < 1.29 is 39.6 Å². The van der Waals surface area contributed by atoms with E-state index in [1.807, 2.05) is 6.07 Å². The number of rotatable bonds is 7. The van der Waals surface area contributed by atoms with Crippen molar-refractivity contribution in [3.63, 3.8) is 0 Å². The van der Waals surface area contributed by atoms with Gasteiger partial charge in [0.1, 0.15) is 4.21 Å². The van der Waals surface area contributed by atoms with Crippen molar-refractivity contribution in [2.45, 2.75) is 61.1 Å². The number of thiophene rings is 1. The van der Waals surface area contributed by atoms with Gasteiger partial charge in [0.25, 0.3) is 0 Å². The number of hydrogen-bond donors (Lipinski definition) is 2. The Hall–Kier alpha value is -2.61. The van der Waals surface area contributed by atoms with Crippen LogP contribution in [0.15, 0.2) is 52.7 Å². The van der Waals surface area contributed by atoms with Crippen molar-refractivity contribution in [1.29, 1.82) is 0 Å². The Morgan fingerprint density at radius 3 is 2.21 bits per heavy atom. The maximum Gasteiger partial charge on any atom is 0.416 e. The number of fused-ring (bicyclic) bond motifs is 3. The highest BCUT2D eigenvalue weighted by molar-refractivity contribution is 7.91. The van der Waals surface area contributed by atoms with Crippen molar-refractivity contribution in [2.24, 2.45) is 11.8 Å². The van der Waals surface area contributed by atoms with E-state index in [0.29, 0.717) is 41.1 Å². The van der Waals surface area contributed by atoms with Gasteiger partial charge in [0.05, 0.1) is 15.5 Å². The molecule has 2 N–H and O–H groups in total. The van der Waals surface area contributed by atoms with Crippen LogP contribution >= 0.6 is 22.9 Å². The van der Waals surface area contributed by atoms with Crippen LogP contribution in [0.3, 0.4) is 0 Å². The summed E-state index contributed by atoms with van der Waals surface area (Å²) in [7, 11) is -3.75. The Kier molecular flexibility index (Phi) is 8.42. The van der Waals surface area contributed by atoms with Gasteiger partial charge in [-0.05, 0) is 103 Å². The molecule has 2 aromatic carbocycles. The molecule has 1 amide bonds. The first kappa shape index (κ1) is 30.8. The fourth-order valence-electron chi connectivity index (χ4n) is 5.88. The molecule has 0 saturated heterocycles. The number of hydrogen-bond acceptors (Lipinski definition) is 4. The number of alkyl halides is 6. The summed E-state index contributed by atoms with van der Waals surface area (Å²) in [5, 5.41) is 2.64. The zero-order valence-electron chi connectivity index (χ0n) is 21.8. The molecule has 1 fully saturated rings. The van der Waals surface area contributed by atoms with Crippen LogP contribution in [0.1, 0.15) is 47.1 Å². The first-order valence-corrected chi connectivity index (χ1v) is 15.7. The van der Waals surface area contributed by atoms with Gasteiger partial charge < -0.3 is 5.32 Å². The van der Waals surface area contributed by atoms with E-state index in [2.05, 4.69) is 10.0 Å². The molecule has 14 heteroatoms. The van der Waals surface area contributed by atoms with Crippen LogP contribution in [0.2, 0.25) is 4.34 Å². The summed E-state index contributed by atoms with van der Waals surface area (Å²) in [5.74, 6) is -0.540. The smallest absolute Gasteiger partial charge is 0.326 e. The molecular weight excluding hydrogens is 626 g/mol. The molecule has 226 valence electrons. The largest absolute Gasteiger partial charge is 0.416 e. The maximum absolute atomic E-state index is 13.4. The molecule has 3 atom stereocenters. The van der Waals surface area contributed by atoms with E-state index in [4.69, 9.17) is 11.6 Å². The molecule has 1 heterocycles. The number of nitrogens with one attached hydrogen (secondary N) is 2. The van der Waals surface area contributed by atoms with Crippen molar-refractivity contribution in [3.8, 4) is 0 Å². The molecule has 1 unspecified atom stereocenters. The Balaban J connectivity index is 1.27. The number of carbonyl (C=O) groups excluding carboxylic acids is 1. The van der Waals surface area contributed by atoms with Crippen LogP contribution in [-0.2, 0) is 46.4 Å². The van der Waals surface area contributed by atoms with Gasteiger partial charge in [-0.1, -0.05) is 17.7 Å². The Morgan fingerprint density at radius 1 is 0.905 bits per heavy atom. The molecule has 0 radical (unpaired) electrons. The molecule has 5 nitrogen and oxygen atoms in total. The number of sulfonamides is 1. The summed E-state index contributed by atoms with van der Waals surface area (Å²) in [5.41, 5.74) is -0.685. The number of benzene rings is 2. The highest BCUT2D eigenvalue weighted by Crippen LogP contribution is 2.42. The van der Waals surface area contributed by atoms with Gasteiger partial charge in [-0.3, -0.25) is 4.79 Å². The molecule has 1 saturated carbocycles. The Bertz CT molecular complexity index is 1600. The van der Waals surface area contributed by atoms with Gasteiger partial charge in [0, 0.05) is 18.2 Å². The lowest BCUT2D eigenvalue weighted by atomic mass is 9.93. The highest BCUT2D eigenvalue weighted by Gasteiger charge is 2.41. The normalized spacial score (nSPS) is 20.7. The van der Waals surface area contributed by atoms with Gasteiger partial charge in [-0.15, -0.1) is 11.3 Å². The van der Waals surface area contributed by atoms with Crippen LogP contribution in [-0.4, -0.2) is 20.4 Å². The molecule has 5 rings (SSSR count). The molecule has 3 aromatic rings. The fraction of sp³-hybridized carbons (Fsp3) is 0.393. The number of amides is 1. The van der Waals surface area contributed by atoms with Gasteiger partial charge >= 0.3 is 12.4 Å². The van der Waals surface area contributed by atoms with Crippen molar-refractivity contribution in [1.82, 2.24) is 4.72 Å². The third kappa shape index (κ3) is 6.79. The quantitative estimate of drug-likeness (QED) is 0.260. The van der Waals surface area contributed by atoms with E-state index in [1.54, 1.807) is 12.1 Å². The molecule has 42 heavy (non-hydrogen) atoms. The zero-order chi connectivity index (χ0) is 30.4. The molecule has 0 aliphatic heterocycles. The monoisotopic (exact) mass is 650 g/mol. The molecule has 2 bridgehead atoms. The molecule has 0 spiro atoms. The first-order valence-electron chi connectivity index (χ1n) is 13.1. The van der Waals surface area contributed by atoms with Crippen molar-refractivity contribution in [2.75, 3.05) is 5.32 Å². The van der Waals surface area contributed by atoms with E-state index < -0.39 is 57.8 Å². The van der Waals surface area contributed by atoms with Gasteiger partial charge in [0.2, 0.25) is 15.9 Å². The van der Waals surface area contributed by atoms with E-state index in [-0.39, 0.29) is 22.1 Å². The van der Waals surface area contributed by atoms with Crippen molar-refractivity contribution >= 4 is 44.6 Å². The summed E-state index contributed by atoms with van der Waals surface area (Å²) in [6.07, 6.45) is -7.80. The maximum atomic E-state index is 13.4. The summed E-state index contributed by atoms with van der Waals surface area (Å²) in [6.45, 7) is 0. The number of aryl methyl sites for hydroxylation is 1. The molecule has 2 aliphatic rings. The van der Waals surface area contributed by atoms with E-state index in [9.17, 15) is 39.6 Å². The average Bonchev–Trinajstić information content (AvgIpc) is 3.44. The Labute approximate surface area is 247 Å². The van der Waals surface area contributed by atoms with Crippen LogP contribution in [0, 0.1) is 11.8 Å². The fourth-order valence-corrected chi connectivity index (χ4v) is 8.76. The lowest BCUT2D eigenvalue weighted by Crippen LogP contribution is -2.41. The summed E-state index contributed by atoms with van der Waals surface area (Å²) in [4.78, 5) is 12.6. The van der Waals surface area contributed by atoms with Crippen LogP contribution in [0.4, 0.5) is 32.0 Å². The Morgan fingerprint density at radius 2 is 1.60 bits per heavy atom. The second-order valence-corrected chi connectivity index (χ2v) is 14.3. The standard InChI is InChI=1S/C28H25ClF6N2O3S2/c29-23-8-10-25(41-23)42(39,40)37-26-17-1-2-18(26)12-19-14-21(6-3-15(19)11-17)36-24(38)9-4-16-13-20(27(30,31)32)5-7-22(16)28(33,34)35/h3,5-8,10,13-14,17-18,26,37H,1-2,4,9,11-12H2,(H,36,38)/t17-,18?,26+/m0/s1. The minimum atomic E-state index is -4.87. The number of carbonyl (C=O) groups is 1. The van der Waals surface area contributed by atoms with Crippen molar-refractivity contribution in [3.05, 3.63) is 80.7 Å². The van der Waals surface area contributed by atoms with E-state index in [0.717, 1.165) is 35.3 Å². The SMILES string of the molecule is O=C(CCc1cc(C(F)(F)F)ccc1C(F)(F)F)Nc1ccc2c(c1)CC1CC[C@@H](C2)[C@H]1NS(=O)(=O)c1ccc(Cl)s1. The minimum absolute atomic E-state index is 0.0223. The molecule has 2 aliphatic carbocycles. The zero-order valence-corrected chi connectivity index (χ0v) is 24.2. The summed E-state index contributed by atoms with van der Waals surface area (Å²) >= 11 is 6.91. The number of halogens is 7. The summed E-state index contributed by atoms with van der Waals surface area (Å²) in [6, 6.07) is 9.18. The lowest BCUT2D eigenvalue weighted by Gasteiger charge is -2.23. The molecule has 1 aromatic heterocycles. The van der Waals surface area contributed by atoms with Gasteiger partial charge in [-0.2, -0.15) is 26.3 Å². The van der Waals surface area contributed by atoms with E-state index >= 15 is 0 Å². The van der Waals surface area contributed by atoms with Crippen LogP contribution in [0.5, 0.6) is 0 Å². The predicted octanol–water partition coefficient (Wildman–Crippen LogP) is 7.48. The summed E-state index contributed by atoms with van der Waals surface area (Å²) < 4.78 is 109. The van der Waals surface area contributed by atoms with Crippen LogP contribution in [0.25, 0.3) is 0 Å². The van der Waals surface area contributed by atoms with Gasteiger partial charge in [-0.25, -0.2) is 13.1 Å². The van der Waals surface area contributed by atoms with Crippen LogP contribution < -0.4 is 10.0 Å². The second kappa shape index (κ2) is 11.5. The lowest BCUT2D eigenvalue weighted by molar-refractivity contribution is -0.141. The average molecular weight is 651 g/mol. The predicted molar refractivity (Wildman–Crippen MR) is 147 cm³/mol. The minimum Gasteiger partial charge on any atom is -0.326 e. The number of anilines is 1.